The molecule has 0 heterocycles. The number of hydrogen-bond donors (Lipinski definition) is 0. The normalized spacial score (nSPS) is 15.2. The smallest absolute Gasteiger partial charge is 0.116 e. The van der Waals surface area contributed by atoms with Crippen molar-refractivity contribution >= 4 is 6.29 Å². The zero-order chi connectivity index (χ0) is 11.8. The summed E-state index contributed by atoms with van der Waals surface area (Å²) in [5, 5.41) is 0. The van der Waals surface area contributed by atoms with E-state index in [0.717, 1.165) is 12.2 Å². The monoisotopic (exact) mass is 234 g/mol. The molecule has 1 fully saturated rings. The van der Waals surface area contributed by atoms with E-state index in [1.807, 2.05) is 0 Å². The summed E-state index contributed by atoms with van der Waals surface area (Å²) in [6, 6.07) is 9.10. The molecule has 1 aromatic carbocycles. The van der Waals surface area contributed by atoms with Crippen LogP contribution in [0.2, 0.25) is 0 Å². The number of benzene rings is 1. The molecule has 0 aromatic heterocycles. The summed E-state index contributed by atoms with van der Waals surface area (Å²) in [5.41, 5.74) is 2.94. The summed E-state index contributed by atoms with van der Waals surface area (Å²) in [5.74, 6) is 0.856. The van der Waals surface area contributed by atoms with Crippen LogP contribution in [0.5, 0.6) is 0 Å². The zero-order valence-electron chi connectivity index (χ0n) is 10.4. The van der Waals surface area contributed by atoms with Crippen LogP contribution in [0.3, 0.4) is 0 Å². The Bertz CT molecular complexity index is 294. The Kier molecular flexibility index (Phi) is 8.39. The minimum Gasteiger partial charge on any atom is -0.304 e. The minimum atomic E-state index is 0. The van der Waals surface area contributed by atoms with Crippen molar-refractivity contribution in [2.24, 2.45) is 0 Å². The molecule has 2 rings (SSSR count). The second-order valence-corrected chi connectivity index (χ2v) is 4.48. The van der Waals surface area contributed by atoms with Gasteiger partial charge in [-0.3, -0.25) is 0 Å². The Morgan fingerprint density at radius 2 is 1.53 bits per heavy atom. The van der Waals surface area contributed by atoms with Crippen molar-refractivity contribution in [3.05, 3.63) is 35.4 Å². The summed E-state index contributed by atoms with van der Waals surface area (Å²) in [4.78, 5) is 8.81. The molecule has 0 saturated heterocycles. The summed E-state index contributed by atoms with van der Waals surface area (Å²) in [6.07, 6.45) is 7.87. The van der Waals surface area contributed by atoms with Gasteiger partial charge in [0.25, 0.3) is 0 Å². The van der Waals surface area contributed by atoms with Crippen molar-refractivity contribution in [1.29, 1.82) is 0 Å². The molecule has 17 heavy (non-hydrogen) atoms. The molecule has 0 unspecified atom stereocenters. The average molecular weight is 234 g/mol. The second kappa shape index (κ2) is 8.98. The van der Waals surface area contributed by atoms with Crippen LogP contribution >= 0.6 is 0 Å². The van der Waals surface area contributed by atoms with Crippen LogP contribution in [0.1, 0.15) is 63.5 Å². The van der Waals surface area contributed by atoms with Gasteiger partial charge in [-0.15, -0.1) is 0 Å². The molecule has 0 N–H and O–H groups in total. The van der Waals surface area contributed by atoms with Gasteiger partial charge >= 0.3 is 0 Å². The summed E-state index contributed by atoms with van der Waals surface area (Å²) in [6.45, 7) is 3.60. The lowest BCUT2D eigenvalue weighted by Gasteiger charge is -2.21. The Balaban J connectivity index is 0.000000583. The predicted octanol–water partition coefficient (Wildman–Crippen LogP) is 4.88. The van der Waals surface area contributed by atoms with E-state index in [2.05, 4.69) is 31.2 Å². The first-order chi connectivity index (χ1) is 7.77. The summed E-state index contributed by atoms with van der Waals surface area (Å²) in [7, 11) is 0. The lowest BCUT2D eigenvalue weighted by atomic mass is 9.84. The second-order valence-electron chi connectivity index (χ2n) is 4.48. The highest BCUT2D eigenvalue weighted by atomic mass is 16.1. The molecule has 1 nitrogen and oxygen atoms in total. The van der Waals surface area contributed by atoms with Gasteiger partial charge in [0.05, 0.1) is 0 Å². The first-order valence-corrected chi connectivity index (χ1v) is 6.24. The van der Waals surface area contributed by atoms with E-state index in [-0.39, 0.29) is 7.43 Å². The molecule has 96 valence electrons. The summed E-state index contributed by atoms with van der Waals surface area (Å²) >= 11 is 0. The largest absolute Gasteiger partial charge is 0.304 e. The fourth-order valence-corrected chi connectivity index (χ4v) is 2.27. The van der Waals surface area contributed by atoms with E-state index in [4.69, 9.17) is 4.79 Å². The number of carbonyl (C=O) groups excluding carboxylic acids is 1. The highest BCUT2D eigenvalue weighted by molar-refractivity contribution is 5.44. The number of hydrogen-bond acceptors (Lipinski definition) is 1. The first kappa shape index (κ1) is 15.9. The standard InChI is InChI=1S/C13H18.C2H4O.CH4/c1-11-7-9-13(10-8-11)12-5-3-2-4-6-12;1-2-3;/h7-10,12H,2-6H2,1H3;2H,1H3;1H4. The number of rotatable bonds is 1. The fraction of sp³-hybridized carbons (Fsp3) is 0.562. The van der Waals surface area contributed by atoms with E-state index in [1.165, 1.54) is 44.6 Å². The van der Waals surface area contributed by atoms with E-state index >= 15 is 0 Å². The molecule has 0 amide bonds. The van der Waals surface area contributed by atoms with Crippen LogP contribution < -0.4 is 0 Å². The number of carbonyl (C=O) groups is 1. The van der Waals surface area contributed by atoms with Crippen molar-refractivity contribution < 1.29 is 4.79 Å². The maximum absolute atomic E-state index is 8.81. The minimum absolute atomic E-state index is 0. The van der Waals surface area contributed by atoms with Gasteiger partial charge in [0.15, 0.2) is 0 Å². The van der Waals surface area contributed by atoms with Gasteiger partial charge in [0.2, 0.25) is 0 Å². The fourth-order valence-electron chi connectivity index (χ4n) is 2.27. The molecule has 0 atom stereocenters. The molecule has 0 radical (unpaired) electrons. The molecule has 0 aliphatic heterocycles. The Morgan fingerprint density at radius 1 is 1.06 bits per heavy atom. The average Bonchev–Trinajstić information content (AvgIpc) is 2.32. The molecule has 1 aliphatic carbocycles. The van der Waals surface area contributed by atoms with Crippen LogP contribution in [0.25, 0.3) is 0 Å². The molecule has 1 aliphatic rings. The van der Waals surface area contributed by atoms with Gasteiger partial charge in [-0.1, -0.05) is 56.5 Å². The third-order valence-electron chi connectivity index (χ3n) is 3.15. The zero-order valence-corrected chi connectivity index (χ0v) is 10.4. The molecule has 1 heteroatoms. The molecule has 1 saturated carbocycles. The van der Waals surface area contributed by atoms with Gasteiger partial charge in [-0.05, 0) is 38.2 Å². The van der Waals surface area contributed by atoms with Crippen LogP contribution in [0.15, 0.2) is 24.3 Å². The van der Waals surface area contributed by atoms with E-state index in [0.29, 0.717) is 0 Å². The lowest BCUT2D eigenvalue weighted by molar-refractivity contribution is -0.106. The maximum atomic E-state index is 8.81. The summed E-state index contributed by atoms with van der Waals surface area (Å²) < 4.78 is 0. The van der Waals surface area contributed by atoms with Gasteiger partial charge in [0.1, 0.15) is 6.29 Å². The third-order valence-corrected chi connectivity index (χ3v) is 3.15. The van der Waals surface area contributed by atoms with Crippen LogP contribution in [0, 0.1) is 6.92 Å². The molecule has 0 spiro atoms. The quantitative estimate of drug-likeness (QED) is 0.633. The lowest BCUT2D eigenvalue weighted by Crippen LogP contribution is -2.04. The molecular weight excluding hydrogens is 208 g/mol. The Morgan fingerprint density at radius 3 is 2.00 bits per heavy atom. The first-order valence-electron chi connectivity index (χ1n) is 6.24. The molecule has 0 bridgehead atoms. The van der Waals surface area contributed by atoms with E-state index < -0.39 is 0 Å². The highest BCUT2D eigenvalue weighted by Gasteiger charge is 2.14. The van der Waals surface area contributed by atoms with Crippen LogP contribution in [0.4, 0.5) is 0 Å². The van der Waals surface area contributed by atoms with E-state index in [9.17, 15) is 0 Å². The predicted molar refractivity (Wildman–Crippen MR) is 75.5 cm³/mol. The Labute approximate surface area is 106 Å². The van der Waals surface area contributed by atoms with Crippen molar-refractivity contribution in [2.45, 2.75) is 59.3 Å². The molecular formula is C16H26O. The van der Waals surface area contributed by atoms with Gasteiger partial charge < -0.3 is 4.79 Å². The van der Waals surface area contributed by atoms with Crippen molar-refractivity contribution in [2.75, 3.05) is 0 Å². The molecule has 1 aromatic rings. The number of aryl methyl sites for hydroxylation is 1. The van der Waals surface area contributed by atoms with Crippen LogP contribution in [-0.2, 0) is 4.79 Å². The maximum Gasteiger partial charge on any atom is 0.116 e. The van der Waals surface area contributed by atoms with Gasteiger partial charge in [0, 0.05) is 0 Å². The van der Waals surface area contributed by atoms with Gasteiger partial charge in [-0.2, -0.15) is 0 Å². The van der Waals surface area contributed by atoms with E-state index in [1.54, 1.807) is 5.56 Å². The van der Waals surface area contributed by atoms with Gasteiger partial charge in [-0.25, -0.2) is 0 Å². The Hall–Kier alpha value is -1.11. The van der Waals surface area contributed by atoms with Crippen molar-refractivity contribution in [3.63, 3.8) is 0 Å². The SMILES string of the molecule is C.CC=O.Cc1ccc(C2CCCCC2)cc1. The third kappa shape index (κ3) is 5.67. The van der Waals surface area contributed by atoms with Crippen molar-refractivity contribution in [3.8, 4) is 0 Å². The highest BCUT2D eigenvalue weighted by Crippen LogP contribution is 2.32. The number of aldehydes is 1. The topological polar surface area (TPSA) is 17.1 Å². The van der Waals surface area contributed by atoms with Crippen LogP contribution in [-0.4, -0.2) is 6.29 Å². The van der Waals surface area contributed by atoms with Crippen molar-refractivity contribution in [1.82, 2.24) is 0 Å².